The van der Waals surface area contributed by atoms with Gasteiger partial charge in [-0.15, -0.1) is 10.2 Å². The zero-order valence-corrected chi connectivity index (χ0v) is 18.3. The Bertz CT molecular complexity index is 1060. The highest BCUT2D eigenvalue weighted by molar-refractivity contribution is 7.89. The molecule has 0 unspecified atom stereocenters. The van der Waals surface area contributed by atoms with E-state index in [2.05, 4.69) is 14.8 Å². The van der Waals surface area contributed by atoms with Gasteiger partial charge in [0, 0.05) is 50.6 Å². The number of fused-ring (bicyclic) bond motifs is 1. The lowest BCUT2D eigenvalue weighted by molar-refractivity contribution is 0.0703. The van der Waals surface area contributed by atoms with Crippen molar-refractivity contribution in [3.8, 4) is 0 Å². The molecule has 0 N–H and O–H groups in total. The molecule has 0 bridgehead atoms. The van der Waals surface area contributed by atoms with Gasteiger partial charge < -0.3 is 14.2 Å². The monoisotopic (exact) mass is 445 g/mol. The van der Waals surface area contributed by atoms with E-state index in [0.29, 0.717) is 45.0 Å². The molecule has 3 aliphatic rings. The van der Waals surface area contributed by atoms with Crippen LogP contribution in [0.1, 0.15) is 47.2 Å². The number of hydrogen-bond acceptors (Lipinski definition) is 6. The molecule has 9 nitrogen and oxygen atoms in total. The van der Waals surface area contributed by atoms with Gasteiger partial charge in [-0.05, 0) is 43.5 Å². The van der Waals surface area contributed by atoms with Crippen molar-refractivity contribution in [2.24, 2.45) is 0 Å². The number of morpholine rings is 1. The van der Waals surface area contributed by atoms with Crippen molar-refractivity contribution < 1.29 is 17.9 Å². The number of ether oxygens (including phenoxy) is 1. The Labute approximate surface area is 182 Å². The highest BCUT2D eigenvalue weighted by Gasteiger charge is 2.31. The second kappa shape index (κ2) is 8.33. The number of amides is 1. The van der Waals surface area contributed by atoms with E-state index < -0.39 is 10.0 Å². The van der Waals surface area contributed by atoms with E-state index in [9.17, 15) is 13.2 Å². The highest BCUT2D eigenvalue weighted by atomic mass is 32.2. The first-order valence-electron chi connectivity index (χ1n) is 10.9. The Hall–Kier alpha value is -2.30. The first kappa shape index (κ1) is 20.6. The number of aromatic nitrogens is 3. The van der Waals surface area contributed by atoms with Crippen molar-refractivity contribution in [2.45, 2.75) is 43.0 Å². The second-order valence-corrected chi connectivity index (χ2v) is 10.3. The number of likely N-dealkylation sites (tertiary alicyclic amines) is 1. The SMILES string of the molecule is O=C(c1ccc(S(=O)(=O)N2CCOCC2)cc1)N1CCC[C@H](c2nnc3n2CCC3)C1. The van der Waals surface area contributed by atoms with E-state index in [0.717, 1.165) is 43.9 Å². The largest absolute Gasteiger partial charge is 0.379 e. The lowest BCUT2D eigenvalue weighted by atomic mass is 9.96. The van der Waals surface area contributed by atoms with E-state index in [1.807, 2.05) is 4.90 Å². The van der Waals surface area contributed by atoms with Crippen LogP contribution in [-0.4, -0.2) is 77.7 Å². The van der Waals surface area contributed by atoms with Gasteiger partial charge in [0.05, 0.1) is 18.1 Å². The molecule has 1 aromatic heterocycles. The van der Waals surface area contributed by atoms with E-state index in [4.69, 9.17) is 4.74 Å². The van der Waals surface area contributed by atoms with Gasteiger partial charge in [0.15, 0.2) is 0 Å². The van der Waals surface area contributed by atoms with Crippen molar-refractivity contribution in [1.82, 2.24) is 24.0 Å². The summed E-state index contributed by atoms with van der Waals surface area (Å²) in [6, 6.07) is 6.30. The second-order valence-electron chi connectivity index (χ2n) is 8.36. The maximum Gasteiger partial charge on any atom is 0.253 e. The number of aryl methyl sites for hydroxylation is 1. The van der Waals surface area contributed by atoms with Crippen molar-refractivity contribution in [3.05, 3.63) is 41.5 Å². The Morgan fingerprint density at radius 2 is 1.77 bits per heavy atom. The van der Waals surface area contributed by atoms with Gasteiger partial charge in [0.25, 0.3) is 5.91 Å². The highest BCUT2D eigenvalue weighted by Crippen LogP contribution is 2.29. The molecule has 0 radical (unpaired) electrons. The van der Waals surface area contributed by atoms with Crippen LogP contribution in [0.25, 0.3) is 0 Å². The summed E-state index contributed by atoms with van der Waals surface area (Å²) in [6.07, 6.45) is 4.00. The third-order valence-corrected chi connectivity index (χ3v) is 8.33. The molecule has 1 amide bonds. The Balaban J connectivity index is 1.29. The fourth-order valence-corrected chi connectivity index (χ4v) is 6.14. The third-order valence-electron chi connectivity index (χ3n) is 6.42. The number of carbonyl (C=O) groups excluding carboxylic acids is 1. The van der Waals surface area contributed by atoms with E-state index in [1.165, 1.54) is 16.4 Å². The van der Waals surface area contributed by atoms with Crippen LogP contribution in [0.15, 0.2) is 29.2 Å². The Morgan fingerprint density at radius 3 is 2.55 bits per heavy atom. The van der Waals surface area contributed by atoms with Gasteiger partial charge in [0.1, 0.15) is 11.6 Å². The number of rotatable bonds is 4. The predicted molar refractivity (Wildman–Crippen MR) is 112 cm³/mol. The van der Waals surface area contributed by atoms with Crippen molar-refractivity contribution in [3.63, 3.8) is 0 Å². The van der Waals surface area contributed by atoms with Gasteiger partial charge >= 0.3 is 0 Å². The van der Waals surface area contributed by atoms with Gasteiger partial charge in [0.2, 0.25) is 10.0 Å². The maximum absolute atomic E-state index is 13.1. The summed E-state index contributed by atoms with van der Waals surface area (Å²) >= 11 is 0. The topological polar surface area (TPSA) is 97.6 Å². The summed E-state index contributed by atoms with van der Waals surface area (Å²) < 4.78 is 34.5. The van der Waals surface area contributed by atoms with Crippen molar-refractivity contribution in [1.29, 1.82) is 0 Å². The predicted octanol–water partition coefficient (Wildman–Crippen LogP) is 1.26. The molecule has 4 heterocycles. The van der Waals surface area contributed by atoms with Gasteiger partial charge in [-0.3, -0.25) is 4.79 Å². The molecule has 2 saturated heterocycles. The quantitative estimate of drug-likeness (QED) is 0.703. The third kappa shape index (κ3) is 3.88. The molecular formula is C21H27N5O4S. The number of sulfonamides is 1. The van der Waals surface area contributed by atoms with Crippen LogP contribution >= 0.6 is 0 Å². The molecule has 31 heavy (non-hydrogen) atoms. The number of benzene rings is 1. The van der Waals surface area contributed by atoms with Crippen molar-refractivity contribution >= 4 is 15.9 Å². The fraction of sp³-hybridized carbons (Fsp3) is 0.571. The molecule has 1 atom stereocenters. The molecular weight excluding hydrogens is 418 g/mol. The van der Waals surface area contributed by atoms with Gasteiger partial charge in [-0.1, -0.05) is 0 Å². The first-order valence-corrected chi connectivity index (χ1v) is 12.4. The molecule has 10 heteroatoms. The molecule has 2 aromatic rings. The molecule has 0 saturated carbocycles. The summed E-state index contributed by atoms with van der Waals surface area (Å²) in [5.41, 5.74) is 0.507. The molecule has 5 rings (SSSR count). The zero-order chi connectivity index (χ0) is 21.4. The van der Waals surface area contributed by atoms with Crippen LogP contribution in [0.4, 0.5) is 0 Å². The smallest absolute Gasteiger partial charge is 0.253 e. The lowest BCUT2D eigenvalue weighted by Gasteiger charge is -2.32. The van der Waals surface area contributed by atoms with E-state index in [-0.39, 0.29) is 16.7 Å². The summed E-state index contributed by atoms with van der Waals surface area (Å²) in [5.74, 6) is 2.17. The molecule has 0 aliphatic carbocycles. The number of hydrogen-bond donors (Lipinski definition) is 0. The van der Waals surface area contributed by atoms with E-state index >= 15 is 0 Å². The molecule has 0 spiro atoms. The summed E-state index contributed by atoms with van der Waals surface area (Å²) in [5, 5.41) is 8.72. The minimum Gasteiger partial charge on any atom is -0.379 e. The van der Waals surface area contributed by atoms with Crippen LogP contribution in [0.3, 0.4) is 0 Å². The van der Waals surface area contributed by atoms with Crippen LogP contribution < -0.4 is 0 Å². The zero-order valence-electron chi connectivity index (χ0n) is 17.4. The molecule has 3 aliphatic heterocycles. The van der Waals surface area contributed by atoms with Crippen LogP contribution in [0.2, 0.25) is 0 Å². The first-order chi connectivity index (χ1) is 15.0. The minimum atomic E-state index is -3.56. The standard InChI is InChI=1S/C21H27N5O4S/c27-21(16-5-7-18(8-6-16)31(28,29)25-11-13-30-14-12-25)24-9-1-3-17(15-24)20-23-22-19-4-2-10-26(19)20/h5-8,17H,1-4,9-15H2/t17-/m0/s1. The normalized spacial score (nSPS) is 22.5. The average Bonchev–Trinajstić information content (AvgIpc) is 3.43. The average molecular weight is 446 g/mol. The Kier molecular flexibility index (Phi) is 5.53. The number of nitrogens with zero attached hydrogens (tertiary/aromatic N) is 5. The summed E-state index contributed by atoms with van der Waals surface area (Å²) in [6.45, 7) is 3.79. The molecule has 1 aromatic carbocycles. The van der Waals surface area contributed by atoms with E-state index in [1.54, 1.807) is 12.1 Å². The Morgan fingerprint density at radius 1 is 1.00 bits per heavy atom. The summed E-state index contributed by atoms with van der Waals surface area (Å²) in [7, 11) is -3.56. The number of piperidine rings is 1. The molecule has 2 fully saturated rings. The van der Waals surface area contributed by atoms with Crippen LogP contribution in [0, 0.1) is 0 Å². The van der Waals surface area contributed by atoms with Crippen LogP contribution in [-0.2, 0) is 27.7 Å². The fourth-order valence-electron chi connectivity index (χ4n) is 4.74. The van der Waals surface area contributed by atoms with Crippen LogP contribution in [0.5, 0.6) is 0 Å². The lowest BCUT2D eigenvalue weighted by Crippen LogP contribution is -2.40. The maximum atomic E-state index is 13.1. The van der Waals surface area contributed by atoms with Gasteiger partial charge in [-0.2, -0.15) is 4.31 Å². The van der Waals surface area contributed by atoms with Gasteiger partial charge in [-0.25, -0.2) is 8.42 Å². The summed E-state index contributed by atoms with van der Waals surface area (Å²) in [4.78, 5) is 15.2. The van der Waals surface area contributed by atoms with Crippen molar-refractivity contribution in [2.75, 3.05) is 39.4 Å². The molecule has 166 valence electrons. The number of carbonyl (C=O) groups is 1. The minimum absolute atomic E-state index is 0.0684.